The first-order valence-corrected chi connectivity index (χ1v) is 4.81. The second-order valence-corrected chi connectivity index (χ2v) is 3.05. The van der Waals surface area contributed by atoms with Crippen LogP contribution >= 0.6 is 0 Å². The summed E-state index contributed by atoms with van der Waals surface area (Å²) in [5, 5.41) is 3.35. The van der Waals surface area contributed by atoms with Gasteiger partial charge >= 0.3 is 0 Å². The van der Waals surface area contributed by atoms with Crippen LogP contribution in [0.4, 0.5) is 0 Å². The van der Waals surface area contributed by atoms with Gasteiger partial charge in [-0.15, -0.1) is 12.3 Å². The molecule has 0 fully saturated rings. The number of hydrogen-bond donors (Lipinski definition) is 1. The van der Waals surface area contributed by atoms with Gasteiger partial charge in [0.15, 0.2) is 0 Å². The fourth-order valence-corrected chi connectivity index (χ4v) is 1.22. The zero-order valence-corrected chi connectivity index (χ0v) is 8.40. The molecule has 0 aromatic carbocycles. The van der Waals surface area contributed by atoms with Gasteiger partial charge in [-0.25, -0.2) is 9.97 Å². The van der Waals surface area contributed by atoms with Crippen molar-refractivity contribution in [1.82, 2.24) is 15.3 Å². The van der Waals surface area contributed by atoms with Crippen LogP contribution < -0.4 is 5.32 Å². The molecular formula is C11H15N3. The second-order valence-electron chi connectivity index (χ2n) is 3.05. The zero-order valence-electron chi connectivity index (χ0n) is 8.40. The van der Waals surface area contributed by atoms with Gasteiger partial charge in [-0.05, 0) is 19.0 Å². The lowest BCUT2D eigenvalue weighted by atomic mass is 10.1. The summed E-state index contributed by atoms with van der Waals surface area (Å²) >= 11 is 0. The highest BCUT2D eigenvalue weighted by molar-refractivity contribution is 5.08. The van der Waals surface area contributed by atoms with Crippen LogP contribution in [0.15, 0.2) is 18.6 Å². The molecule has 0 spiro atoms. The van der Waals surface area contributed by atoms with E-state index in [0.717, 1.165) is 18.7 Å². The predicted octanol–water partition coefficient (Wildman–Crippen LogP) is 1.54. The van der Waals surface area contributed by atoms with E-state index in [9.17, 15) is 0 Å². The minimum atomic E-state index is 0.156. The Kier molecular flexibility index (Phi) is 4.66. The molecule has 74 valence electrons. The van der Waals surface area contributed by atoms with Crippen molar-refractivity contribution in [3.63, 3.8) is 0 Å². The molecule has 3 nitrogen and oxygen atoms in total. The van der Waals surface area contributed by atoms with Gasteiger partial charge in [0.2, 0.25) is 0 Å². The minimum Gasteiger partial charge on any atom is -0.308 e. The molecule has 0 amide bonds. The van der Waals surface area contributed by atoms with Crippen molar-refractivity contribution in [2.75, 3.05) is 6.54 Å². The van der Waals surface area contributed by atoms with Crippen LogP contribution in [-0.4, -0.2) is 16.5 Å². The fraction of sp³-hybridized carbons (Fsp3) is 0.455. The highest BCUT2D eigenvalue weighted by atomic mass is 14.9. The predicted molar refractivity (Wildman–Crippen MR) is 56.5 cm³/mol. The molecule has 1 aromatic heterocycles. The largest absolute Gasteiger partial charge is 0.308 e. The van der Waals surface area contributed by atoms with Crippen molar-refractivity contribution < 1.29 is 0 Å². The Hall–Kier alpha value is -1.40. The summed E-state index contributed by atoms with van der Waals surface area (Å²) in [6.07, 6.45) is 10.3. The topological polar surface area (TPSA) is 37.8 Å². The smallest absolute Gasteiger partial charge is 0.115 e. The molecule has 1 rings (SSSR count). The van der Waals surface area contributed by atoms with Crippen molar-refractivity contribution in [2.24, 2.45) is 0 Å². The van der Waals surface area contributed by atoms with E-state index in [1.165, 1.54) is 0 Å². The van der Waals surface area contributed by atoms with Gasteiger partial charge in [0.05, 0.1) is 11.7 Å². The standard InChI is InChI=1S/C11H15N3/c1-3-5-10(13-7-4-2)11-6-8-12-9-14-11/h1,6,8-10,13H,4-5,7H2,2H3. The molecule has 1 aromatic rings. The van der Waals surface area contributed by atoms with Crippen LogP contribution in [0.3, 0.4) is 0 Å². The van der Waals surface area contributed by atoms with E-state index in [-0.39, 0.29) is 6.04 Å². The maximum Gasteiger partial charge on any atom is 0.115 e. The molecule has 0 saturated carbocycles. The first-order chi connectivity index (χ1) is 6.88. The molecule has 0 saturated heterocycles. The summed E-state index contributed by atoms with van der Waals surface area (Å²) in [4.78, 5) is 8.06. The molecular weight excluding hydrogens is 174 g/mol. The Morgan fingerprint density at radius 1 is 1.64 bits per heavy atom. The fourth-order valence-electron chi connectivity index (χ4n) is 1.22. The Balaban J connectivity index is 2.63. The third-order valence-corrected chi connectivity index (χ3v) is 1.92. The monoisotopic (exact) mass is 189 g/mol. The van der Waals surface area contributed by atoms with Crippen molar-refractivity contribution in [3.8, 4) is 12.3 Å². The molecule has 1 atom stereocenters. The van der Waals surface area contributed by atoms with Crippen LogP contribution in [0.1, 0.15) is 31.5 Å². The minimum absolute atomic E-state index is 0.156. The van der Waals surface area contributed by atoms with Crippen LogP contribution in [0.25, 0.3) is 0 Å². The normalized spacial score (nSPS) is 12.0. The number of hydrogen-bond acceptors (Lipinski definition) is 3. The third-order valence-electron chi connectivity index (χ3n) is 1.92. The highest BCUT2D eigenvalue weighted by Crippen LogP contribution is 2.12. The lowest BCUT2D eigenvalue weighted by Gasteiger charge is -2.14. The number of rotatable bonds is 5. The first-order valence-electron chi connectivity index (χ1n) is 4.81. The van der Waals surface area contributed by atoms with Crippen LogP contribution in [0.2, 0.25) is 0 Å². The lowest BCUT2D eigenvalue weighted by Crippen LogP contribution is -2.22. The quantitative estimate of drug-likeness (QED) is 0.714. The van der Waals surface area contributed by atoms with Gasteiger partial charge in [-0.3, -0.25) is 0 Å². The van der Waals surface area contributed by atoms with Gasteiger partial charge in [0, 0.05) is 12.6 Å². The van der Waals surface area contributed by atoms with Gasteiger partial charge < -0.3 is 5.32 Å². The Bertz CT molecular complexity index is 289. The lowest BCUT2D eigenvalue weighted by molar-refractivity contribution is 0.530. The summed E-state index contributed by atoms with van der Waals surface area (Å²) in [5.41, 5.74) is 0.964. The van der Waals surface area contributed by atoms with Crippen molar-refractivity contribution in [1.29, 1.82) is 0 Å². The average Bonchev–Trinajstić information content (AvgIpc) is 2.25. The Morgan fingerprint density at radius 2 is 2.50 bits per heavy atom. The molecule has 1 unspecified atom stereocenters. The molecule has 14 heavy (non-hydrogen) atoms. The summed E-state index contributed by atoms with van der Waals surface area (Å²) in [5.74, 6) is 2.65. The Labute approximate surface area is 85.0 Å². The van der Waals surface area contributed by atoms with E-state index >= 15 is 0 Å². The summed E-state index contributed by atoms with van der Waals surface area (Å²) in [7, 11) is 0. The molecule has 0 aliphatic rings. The van der Waals surface area contributed by atoms with Gasteiger partial charge in [-0.1, -0.05) is 6.92 Å². The van der Waals surface area contributed by atoms with Gasteiger partial charge in [0.25, 0.3) is 0 Å². The number of nitrogens with one attached hydrogen (secondary N) is 1. The highest BCUT2D eigenvalue weighted by Gasteiger charge is 2.09. The van der Waals surface area contributed by atoms with Crippen molar-refractivity contribution in [2.45, 2.75) is 25.8 Å². The van der Waals surface area contributed by atoms with Crippen LogP contribution in [0, 0.1) is 12.3 Å². The molecule has 3 heteroatoms. The third kappa shape index (κ3) is 3.15. The van der Waals surface area contributed by atoms with Crippen molar-refractivity contribution >= 4 is 0 Å². The number of terminal acetylenes is 1. The summed E-state index contributed by atoms with van der Waals surface area (Å²) < 4.78 is 0. The van der Waals surface area contributed by atoms with Gasteiger partial charge in [0.1, 0.15) is 6.33 Å². The van der Waals surface area contributed by atoms with Crippen LogP contribution in [-0.2, 0) is 0 Å². The molecule has 0 aliphatic carbocycles. The van der Waals surface area contributed by atoms with E-state index in [1.807, 2.05) is 6.07 Å². The van der Waals surface area contributed by atoms with Gasteiger partial charge in [-0.2, -0.15) is 0 Å². The van der Waals surface area contributed by atoms with E-state index in [2.05, 4.69) is 28.1 Å². The van der Waals surface area contributed by atoms with E-state index in [0.29, 0.717) is 6.42 Å². The molecule has 1 heterocycles. The van der Waals surface area contributed by atoms with E-state index in [4.69, 9.17) is 6.42 Å². The molecule has 1 N–H and O–H groups in total. The summed E-state index contributed by atoms with van der Waals surface area (Å²) in [6.45, 7) is 3.08. The number of nitrogens with zero attached hydrogens (tertiary/aromatic N) is 2. The first kappa shape index (κ1) is 10.7. The molecule has 0 aliphatic heterocycles. The van der Waals surface area contributed by atoms with Crippen LogP contribution in [0.5, 0.6) is 0 Å². The second kappa shape index (κ2) is 6.11. The maximum atomic E-state index is 5.31. The summed E-state index contributed by atoms with van der Waals surface area (Å²) in [6, 6.07) is 2.05. The zero-order chi connectivity index (χ0) is 10.2. The molecule has 0 bridgehead atoms. The SMILES string of the molecule is C#CCC(NCCC)c1ccncn1. The van der Waals surface area contributed by atoms with E-state index in [1.54, 1.807) is 12.5 Å². The average molecular weight is 189 g/mol. The maximum absolute atomic E-state index is 5.31. The molecule has 0 radical (unpaired) electrons. The number of aromatic nitrogens is 2. The van der Waals surface area contributed by atoms with Crippen molar-refractivity contribution in [3.05, 3.63) is 24.3 Å². The Morgan fingerprint density at radius 3 is 3.07 bits per heavy atom. The van der Waals surface area contributed by atoms with E-state index < -0.39 is 0 Å².